The average molecular weight is 274 g/mol. The van der Waals surface area contributed by atoms with E-state index in [4.69, 9.17) is 0 Å². The molecule has 0 spiro atoms. The van der Waals surface area contributed by atoms with Crippen molar-refractivity contribution in [2.75, 3.05) is 0 Å². The van der Waals surface area contributed by atoms with Gasteiger partial charge in [-0.25, -0.2) is 0 Å². The Labute approximate surface area is 127 Å². The quantitative estimate of drug-likeness (QED) is 0.677. The van der Waals surface area contributed by atoms with Crippen molar-refractivity contribution in [1.82, 2.24) is 0 Å². The van der Waals surface area contributed by atoms with E-state index in [1.54, 1.807) is 0 Å². The van der Waals surface area contributed by atoms with Gasteiger partial charge in [0, 0.05) is 0 Å². The first-order valence-electron chi connectivity index (χ1n) is 7.66. The Kier molecular flexibility index (Phi) is 3.79. The molecule has 1 aliphatic carbocycles. The number of hydrogen-bond donors (Lipinski definition) is 0. The lowest BCUT2D eigenvalue weighted by molar-refractivity contribution is 0.337. The van der Waals surface area contributed by atoms with E-state index >= 15 is 0 Å². The summed E-state index contributed by atoms with van der Waals surface area (Å²) in [7, 11) is 0. The first-order valence-corrected chi connectivity index (χ1v) is 7.66. The molecular weight excluding hydrogens is 252 g/mol. The second kappa shape index (κ2) is 5.73. The van der Waals surface area contributed by atoms with Crippen molar-refractivity contribution in [1.29, 1.82) is 0 Å². The highest BCUT2D eigenvalue weighted by Gasteiger charge is 2.27. The van der Waals surface area contributed by atoms with Crippen LogP contribution in [0.3, 0.4) is 0 Å². The van der Waals surface area contributed by atoms with Crippen molar-refractivity contribution < 1.29 is 0 Å². The molecule has 1 unspecified atom stereocenters. The summed E-state index contributed by atoms with van der Waals surface area (Å²) in [5.41, 5.74) is 4.32. The van der Waals surface area contributed by atoms with Crippen LogP contribution in [-0.2, 0) is 6.42 Å². The Hall–Kier alpha value is -2.08. The van der Waals surface area contributed by atoms with Gasteiger partial charge in [-0.15, -0.1) is 0 Å². The van der Waals surface area contributed by atoms with Crippen LogP contribution in [0.2, 0.25) is 0 Å². The molecule has 0 fully saturated rings. The van der Waals surface area contributed by atoms with E-state index in [-0.39, 0.29) is 5.41 Å². The predicted octanol–water partition coefficient (Wildman–Crippen LogP) is 5.66. The molecule has 0 heterocycles. The van der Waals surface area contributed by atoms with Gasteiger partial charge in [-0.3, -0.25) is 0 Å². The molecular formula is C21H22. The molecule has 3 rings (SSSR count). The molecule has 0 heteroatoms. The van der Waals surface area contributed by atoms with Gasteiger partial charge in [0.15, 0.2) is 0 Å². The first kappa shape index (κ1) is 13.9. The lowest BCUT2D eigenvalue weighted by atomic mass is 9.72. The molecule has 0 N–H and O–H groups in total. The Bertz CT molecular complexity index is 659. The summed E-state index contributed by atoms with van der Waals surface area (Å²) < 4.78 is 0. The number of allylic oxidation sites excluding steroid dienone is 4. The third-order valence-corrected chi connectivity index (χ3v) is 4.48. The van der Waals surface area contributed by atoms with Crippen LogP contribution in [0.4, 0.5) is 0 Å². The lowest BCUT2D eigenvalue weighted by Gasteiger charge is -2.32. The van der Waals surface area contributed by atoms with E-state index in [9.17, 15) is 0 Å². The standard InChI is InChI=1S/C21H22/c1-21(2)15-9-8-13-19(21)16-18-12-6-7-14-20(18)17-10-4-3-5-11-17/h3-15,19H,16H2,1-2H3. The summed E-state index contributed by atoms with van der Waals surface area (Å²) in [6.07, 6.45) is 10.1. The smallest absolute Gasteiger partial charge is 0.0104 e. The second-order valence-corrected chi connectivity index (χ2v) is 6.40. The highest BCUT2D eigenvalue weighted by atomic mass is 14.3. The van der Waals surface area contributed by atoms with Crippen molar-refractivity contribution in [3.05, 3.63) is 84.5 Å². The highest BCUT2D eigenvalue weighted by molar-refractivity contribution is 5.67. The van der Waals surface area contributed by atoms with Gasteiger partial charge in [0.25, 0.3) is 0 Å². The van der Waals surface area contributed by atoms with E-state index in [2.05, 4.69) is 92.7 Å². The molecule has 0 aromatic heterocycles. The monoisotopic (exact) mass is 274 g/mol. The summed E-state index contributed by atoms with van der Waals surface area (Å²) in [6.45, 7) is 4.64. The Morgan fingerprint density at radius 2 is 1.57 bits per heavy atom. The number of hydrogen-bond acceptors (Lipinski definition) is 0. The summed E-state index contributed by atoms with van der Waals surface area (Å²) >= 11 is 0. The molecule has 0 aliphatic heterocycles. The van der Waals surface area contributed by atoms with Crippen LogP contribution in [0.25, 0.3) is 11.1 Å². The van der Waals surface area contributed by atoms with Crippen LogP contribution in [0.1, 0.15) is 19.4 Å². The van der Waals surface area contributed by atoms with Crippen molar-refractivity contribution in [3.8, 4) is 11.1 Å². The van der Waals surface area contributed by atoms with Gasteiger partial charge in [0.2, 0.25) is 0 Å². The largest absolute Gasteiger partial charge is 0.0803 e. The van der Waals surface area contributed by atoms with Gasteiger partial charge in [0.1, 0.15) is 0 Å². The van der Waals surface area contributed by atoms with Gasteiger partial charge in [-0.1, -0.05) is 92.7 Å². The van der Waals surface area contributed by atoms with Crippen LogP contribution in [0, 0.1) is 11.3 Å². The maximum atomic E-state index is 2.35. The zero-order valence-corrected chi connectivity index (χ0v) is 12.8. The summed E-state index contributed by atoms with van der Waals surface area (Å²) in [6, 6.07) is 19.5. The highest BCUT2D eigenvalue weighted by Crippen LogP contribution is 2.36. The van der Waals surface area contributed by atoms with Crippen molar-refractivity contribution in [2.45, 2.75) is 20.3 Å². The zero-order chi connectivity index (χ0) is 14.7. The zero-order valence-electron chi connectivity index (χ0n) is 12.8. The molecule has 1 atom stereocenters. The van der Waals surface area contributed by atoms with E-state index in [0.717, 1.165) is 6.42 Å². The lowest BCUT2D eigenvalue weighted by Crippen LogP contribution is -2.23. The van der Waals surface area contributed by atoms with Crippen LogP contribution >= 0.6 is 0 Å². The molecule has 0 bridgehead atoms. The Balaban J connectivity index is 1.94. The Morgan fingerprint density at radius 1 is 0.857 bits per heavy atom. The first-order chi connectivity index (χ1) is 10.2. The van der Waals surface area contributed by atoms with Crippen molar-refractivity contribution >= 4 is 0 Å². The molecule has 106 valence electrons. The van der Waals surface area contributed by atoms with Crippen LogP contribution in [0.5, 0.6) is 0 Å². The molecule has 0 radical (unpaired) electrons. The molecule has 0 saturated heterocycles. The van der Waals surface area contributed by atoms with Crippen LogP contribution in [-0.4, -0.2) is 0 Å². The fourth-order valence-corrected chi connectivity index (χ4v) is 3.04. The van der Waals surface area contributed by atoms with E-state index in [0.29, 0.717) is 5.92 Å². The summed E-state index contributed by atoms with van der Waals surface area (Å²) in [4.78, 5) is 0. The topological polar surface area (TPSA) is 0 Å². The van der Waals surface area contributed by atoms with Crippen molar-refractivity contribution in [3.63, 3.8) is 0 Å². The van der Waals surface area contributed by atoms with Crippen molar-refractivity contribution in [2.24, 2.45) is 11.3 Å². The van der Waals surface area contributed by atoms with Crippen LogP contribution in [0.15, 0.2) is 78.9 Å². The fourth-order valence-electron chi connectivity index (χ4n) is 3.04. The number of rotatable bonds is 3. The van der Waals surface area contributed by atoms with E-state index in [1.165, 1.54) is 16.7 Å². The van der Waals surface area contributed by atoms with Crippen LogP contribution < -0.4 is 0 Å². The fraction of sp³-hybridized carbons (Fsp3) is 0.238. The summed E-state index contributed by atoms with van der Waals surface area (Å²) in [5.74, 6) is 0.548. The van der Waals surface area contributed by atoms with Gasteiger partial charge < -0.3 is 0 Å². The van der Waals surface area contributed by atoms with E-state index in [1.807, 2.05) is 0 Å². The molecule has 2 aromatic carbocycles. The molecule has 0 nitrogen and oxygen atoms in total. The SMILES string of the molecule is CC1(C)C=CC=CC1Cc1ccccc1-c1ccccc1. The Morgan fingerprint density at radius 3 is 2.33 bits per heavy atom. The second-order valence-electron chi connectivity index (χ2n) is 6.40. The van der Waals surface area contributed by atoms with Gasteiger partial charge in [-0.2, -0.15) is 0 Å². The average Bonchev–Trinajstić information content (AvgIpc) is 2.51. The maximum absolute atomic E-state index is 2.35. The van der Waals surface area contributed by atoms with E-state index < -0.39 is 0 Å². The summed E-state index contributed by atoms with van der Waals surface area (Å²) in [5, 5.41) is 0. The molecule has 21 heavy (non-hydrogen) atoms. The third kappa shape index (κ3) is 3.00. The molecule has 2 aromatic rings. The van der Waals surface area contributed by atoms with Gasteiger partial charge in [0.05, 0.1) is 0 Å². The minimum absolute atomic E-state index is 0.221. The molecule has 1 aliphatic rings. The van der Waals surface area contributed by atoms with Gasteiger partial charge in [-0.05, 0) is 34.4 Å². The van der Waals surface area contributed by atoms with Gasteiger partial charge >= 0.3 is 0 Å². The third-order valence-electron chi connectivity index (χ3n) is 4.48. The number of benzene rings is 2. The predicted molar refractivity (Wildman–Crippen MR) is 91.1 cm³/mol. The maximum Gasteiger partial charge on any atom is -0.0104 e. The molecule has 0 amide bonds. The minimum atomic E-state index is 0.221. The normalized spacial score (nSPS) is 19.6. The minimum Gasteiger partial charge on any atom is -0.0803 e. The molecule has 0 saturated carbocycles.